The number of rotatable bonds is 6. The van der Waals surface area contributed by atoms with Gasteiger partial charge in [0, 0.05) is 11.4 Å². The van der Waals surface area contributed by atoms with Crippen LogP contribution in [0.25, 0.3) is 11.1 Å². The van der Waals surface area contributed by atoms with Crippen molar-refractivity contribution in [1.29, 1.82) is 0 Å². The van der Waals surface area contributed by atoms with E-state index in [1.807, 2.05) is 26.0 Å². The van der Waals surface area contributed by atoms with Crippen molar-refractivity contribution in [2.24, 2.45) is 0 Å². The standard InChI is InChI=1S/C21H22BrN3O4S/c1-5-17-20(21(29-24-17)23-14(4)26)15-8-7-13(3)19(11-15)30(27,28)25-18-9-6-12(2)10-16(18)22/h6-11,25H,5H2,1-4H3,(H,23,26). The number of anilines is 2. The minimum atomic E-state index is -3.87. The largest absolute Gasteiger partial charge is 0.337 e. The van der Waals surface area contributed by atoms with Crippen molar-refractivity contribution < 1.29 is 17.7 Å². The molecule has 0 aliphatic heterocycles. The highest BCUT2D eigenvalue weighted by molar-refractivity contribution is 9.10. The first kappa shape index (κ1) is 22.0. The van der Waals surface area contributed by atoms with Gasteiger partial charge in [-0.2, -0.15) is 0 Å². The van der Waals surface area contributed by atoms with Gasteiger partial charge in [0.25, 0.3) is 10.0 Å². The van der Waals surface area contributed by atoms with Crippen molar-refractivity contribution >= 4 is 43.4 Å². The summed E-state index contributed by atoms with van der Waals surface area (Å²) in [6.07, 6.45) is 0.558. The second-order valence-corrected chi connectivity index (χ2v) is 9.44. The van der Waals surface area contributed by atoms with Crippen LogP contribution in [0.2, 0.25) is 0 Å². The van der Waals surface area contributed by atoms with Crippen LogP contribution < -0.4 is 10.0 Å². The Hall–Kier alpha value is -2.65. The van der Waals surface area contributed by atoms with Crippen LogP contribution in [0, 0.1) is 13.8 Å². The number of hydrogen-bond acceptors (Lipinski definition) is 5. The fourth-order valence-electron chi connectivity index (χ4n) is 3.06. The summed E-state index contributed by atoms with van der Waals surface area (Å²) in [6, 6.07) is 10.4. The average molecular weight is 492 g/mol. The van der Waals surface area contributed by atoms with Crippen molar-refractivity contribution in [3.8, 4) is 11.1 Å². The first-order valence-corrected chi connectivity index (χ1v) is 11.6. The van der Waals surface area contributed by atoms with Crippen LogP contribution in [0.3, 0.4) is 0 Å². The van der Waals surface area contributed by atoms with E-state index < -0.39 is 10.0 Å². The molecule has 0 bridgehead atoms. The minimum absolute atomic E-state index is 0.129. The fourth-order valence-corrected chi connectivity index (χ4v) is 5.13. The summed E-state index contributed by atoms with van der Waals surface area (Å²) in [6.45, 7) is 6.92. The monoisotopic (exact) mass is 491 g/mol. The lowest BCUT2D eigenvalue weighted by Crippen LogP contribution is -2.15. The van der Waals surface area contributed by atoms with Gasteiger partial charge >= 0.3 is 0 Å². The van der Waals surface area contributed by atoms with E-state index in [0.717, 1.165) is 5.56 Å². The van der Waals surface area contributed by atoms with Crippen LogP contribution in [0.4, 0.5) is 11.6 Å². The van der Waals surface area contributed by atoms with Gasteiger partial charge in [0.05, 0.1) is 21.8 Å². The fraction of sp³-hybridized carbons (Fsp3) is 0.238. The van der Waals surface area contributed by atoms with Crippen molar-refractivity contribution in [3.63, 3.8) is 0 Å². The molecular formula is C21H22BrN3O4S. The molecule has 0 aliphatic rings. The van der Waals surface area contributed by atoms with E-state index >= 15 is 0 Å². The molecule has 2 aromatic carbocycles. The van der Waals surface area contributed by atoms with Gasteiger partial charge in [0.2, 0.25) is 11.8 Å². The molecular weight excluding hydrogens is 470 g/mol. The number of amides is 1. The van der Waals surface area contributed by atoms with Crippen LogP contribution in [-0.4, -0.2) is 19.5 Å². The average Bonchev–Trinajstić information content (AvgIpc) is 3.06. The van der Waals surface area contributed by atoms with Crippen LogP contribution in [0.5, 0.6) is 0 Å². The summed E-state index contributed by atoms with van der Waals surface area (Å²) in [5.41, 5.74) is 3.83. The molecule has 0 saturated heterocycles. The number of sulfonamides is 1. The zero-order valence-corrected chi connectivity index (χ0v) is 19.4. The third-order valence-corrected chi connectivity index (χ3v) is 6.69. The molecule has 0 atom stereocenters. The molecule has 3 aromatic rings. The molecule has 0 spiro atoms. The number of nitrogens with zero attached hydrogens (tertiary/aromatic N) is 1. The van der Waals surface area contributed by atoms with E-state index in [1.54, 1.807) is 31.2 Å². The van der Waals surface area contributed by atoms with Gasteiger partial charge < -0.3 is 4.52 Å². The predicted octanol–water partition coefficient (Wildman–Crippen LogP) is 5.04. The molecule has 1 aromatic heterocycles. The van der Waals surface area contributed by atoms with E-state index in [2.05, 4.69) is 31.1 Å². The Bertz CT molecular complexity index is 1220. The van der Waals surface area contributed by atoms with Crippen LogP contribution in [0.15, 0.2) is 50.3 Å². The minimum Gasteiger partial charge on any atom is -0.337 e. The van der Waals surface area contributed by atoms with E-state index in [-0.39, 0.29) is 16.7 Å². The van der Waals surface area contributed by atoms with E-state index in [1.165, 1.54) is 6.92 Å². The maximum absolute atomic E-state index is 13.2. The van der Waals surface area contributed by atoms with Gasteiger partial charge in [-0.3, -0.25) is 14.8 Å². The summed E-state index contributed by atoms with van der Waals surface area (Å²) in [5, 5.41) is 6.62. The maximum atomic E-state index is 13.2. The second-order valence-electron chi connectivity index (χ2n) is 6.94. The number of nitrogens with one attached hydrogen (secondary N) is 2. The summed E-state index contributed by atoms with van der Waals surface area (Å²) < 4.78 is 34.9. The predicted molar refractivity (Wildman–Crippen MR) is 120 cm³/mol. The SMILES string of the molecule is CCc1noc(NC(C)=O)c1-c1ccc(C)c(S(=O)(=O)Nc2ccc(C)cc2Br)c1. The van der Waals surface area contributed by atoms with E-state index in [9.17, 15) is 13.2 Å². The summed E-state index contributed by atoms with van der Waals surface area (Å²) >= 11 is 3.40. The van der Waals surface area contributed by atoms with Gasteiger partial charge in [-0.25, -0.2) is 8.42 Å². The van der Waals surface area contributed by atoms with Gasteiger partial charge in [-0.05, 0) is 71.1 Å². The van der Waals surface area contributed by atoms with Crippen molar-refractivity contribution in [2.45, 2.75) is 39.0 Å². The Morgan fingerprint density at radius 1 is 1.17 bits per heavy atom. The smallest absolute Gasteiger partial charge is 0.262 e. The van der Waals surface area contributed by atoms with Crippen molar-refractivity contribution in [3.05, 3.63) is 57.7 Å². The molecule has 7 nitrogen and oxygen atoms in total. The topological polar surface area (TPSA) is 101 Å². The lowest BCUT2D eigenvalue weighted by Gasteiger charge is -2.14. The highest BCUT2D eigenvalue weighted by atomic mass is 79.9. The third kappa shape index (κ3) is 4.57. The third-order valence-electron chi connectivity index (χ3n) is 4.52. The molecule has 0 unspecified atom stereocenters. The van der Waals surface area contributed by atoms with Crippen LogP contribution >= 0.6 is 15.9 Å². The molecule has 158 valence electrons. The molecule has 9 heteroatoms. The molecule has 30 heavy (non-hydrogen) atoms. The first-order valence-electron chi connectivity index (χ1n) is 9.28. The Labute approximate surface area is 184 Å². The highest BCUT2D eigenvalue weighted by Gasteiger charge is 2.23. The number of aromatic nitrogens is 1. The zero-order valence-electron chi connectivity index (χ0n) is 17.0. The molecule has 3 rings (SSSR count). The normalized spacial score (nSPS) is 11.4. The van der Waals surface area contributed by atoms with Crippen molar-refractivity contribution in [2.75, 3.05) is 10.0 Å². The number of halogens is 1. The number of carbonyl (C=O) groups is 1. The summed E-state index contributed by atoms with van der Waals surface area (Å²) in [5.74, 6) is -0.110. The summed E-state index contributed by atoms with van der Waals surface area (Å²) in [4.78, 5) is 11.7. The molecule has 0 fully saturated rings. The number of carbonyl (C=O) groups excluding carboxylic acids is 1. The Kier molecular flexibility index (Phi) is 6.33. The molecule has 0 saturated carbocycles. The molecule has 0 radical (unpaired) electrons. The first-order chi connectivity index (χ1) is 14.1. The maximum Gasteiger partial charge on any atom is 0.262 e. The van der Waals surface area contributed by atoms with Gasteiger partial charge in [0.1, 0.15) is 0 Å². The molecule has 2 N–H and O–H groups in total. The van der Waals surface area contributed by atoms with Gasteiger partial charge in [0.15, 0.2) is 0 Å². The van der Waals surface area contributed by atoms with E-state index in [4.69, 9.17) is 4.52 Å². The van der Waals surface area contributed by atoms with E-state index in [0.29, 0.717) is 39.0 Å². The summed E-state index contributed by atoms with van der Waals surface area (Å²) in [7, 11) is -3.87. The number of hydrogen-bond donors (Lipinski definition) is 2. The Morgan fingerprint density at radius 3 is 2.53 bits per heavy atom. The lowest BCUT2D eigenvalue weighted by molar-refractivity contribution is -0.114. The lowest BCUT2D eigenvalue weighted by atomic mass is 10.0. The Morgan fingerprint density at radius 2 is 1.90 bits per heavy atom. The Balaban J connectivity index is 2.08. The van der Waals surface area contributed by atoms with Gasteiger partial charge in [-0.1, -0.05) is 30.3 Å². The highest BCUT2D eigenvalue weighted by Crippen LogP contribution is 2.35. The zero-order chi connectivity index (χ0) is 22.1. The van der Waals surface area contributed by atoms with Crippen LogP contribution in [0.1, 0.15) is 30.7 Å². The number of aryl methyl sites for hydroxylation is 3. The van der Waals surface area contributed by atoms with Crippen LogP contribution in [-0.2, 0) is 21.2 Å². The molecule has 1 heterocycles. The van der Waals surface area contributed by atoms with Gasteiger partial charge in [-0.15, -0.1) is 0 Å². The quantitative estimate of drug-likeness (QED) is 0.502. The van der Waals surface area contributed by atoms with Crippen molar-refractivity contribution in [1.82, 2.24) is 5.16 Å². The molecule has 1 amide bonds. The molecule has 0 aliphatic carbocycles. The second kappa shape index (κ2) is 8.61. The number of benzene rings is 2.